The molecule has 1 aromatic rings. The zero-order valence-corrected chi connectivity index (χ0v) is 10.1. The average molecular weight is 245 g/mol. The summed E-state index contributed by atoms with van der Waals surface area (Å²) in [6, 6.07) is 0.190. The summed E-state index contributed by atoms with van der Waals surface area (Å²) in [4.78, 5) is 11.7. The minimum atomic E-state index is -0.849. The van der Waals surface area contributed by atoms with E-state index in [1.807, 2.05) is 6.92 Å². The van der Waals surface area contributed by atoms with Crippen LogP contribution in [0.5, 0.6) is 6.01 Å². The van der Waals surface area contributed by atoms with Crippen LogP contribution in [0.2, 0.25) is 0 Å². The van der Waals surface area contributed by atoms with Crippen LogP contribution >= 0.6 is 0 Å². The number of nitrogens with zero attached hydrogens (tertiary/aromatic N) is 3. The molecule has 0 saturated heterocycles. The van der Waals surface area contributed by atoms with Gasteiger partial charge in [0, 0.05) is 29.4 Å². The first-order valence-electron chi connectivity index (χ1n) is 4.80. The van der Waals surface area contributed by atoms with Gasteiger partial charge in [0.2, 0.25) is 11.9 Å². The normalized spacial score (nSPS) is 12.1. The number of nitrogens with two attached hydrogens (primary N) is 1. The summed E-state index contributed by atoms with van der Waals surface area (Å²) in [5, 5.41) is 2.90. The predicted octanol–water partition coefficient (Wildman–Crippen LogP) is -0.357. The molecule has 1 unspecified atom stereocenters. The van der Waals surface area contributed by atoms with Gasteiger partial charge in [0.25, 0.3) is 0 Å². The molecule has 1 heterocycles. The largest absolute Gasteiger partial charge is 0.464 e. The molecular formula is C8H15N5O2S. The van der Waals surface area contributed by atoms with Gasteiger partial charge in [-0.2, -0.15) is 15.0 Å². The Morgan fingerprint density at radius 3 is 2.81 bits per heavy atom. The molecule has 0 fully saturated rings. The van der Waals surface area contributed by atoms with Gasteiger partial charge in [-0.05, 0) is 6.92 Å². The summed E-state index contributed by atoms with van der Waals surface area (Å²) in [5.41, 5.74) is 5.48. The van der Waals surface area contributed by atoms with Gasteiger partial charge in [-0.1, -0.05) is 0 Å². The van der Waals surface area contributed by atoms with Crippen molar-refractivity contribution in [2.75, 3.05) is 36.2 Å². The molecule has 90 valence electrons. The Labute approximate surface area is 96.3 Å². The number of nitrogen functional groups attached to an aromatic ring is 1. The molecule has 0 spiro atoms. The van der Waals surface area contributed by atoms with Crippen molar-refractivity contribution in [1.82, 2.24) is 15.0 Å². The van der Waals surface area contributed by atoms with Crippen LogP contribution in [-0.2, 0) is 10.8 Å². The maximum absolute atomic E-state index is 10.8. The minimum Gasteiger partial charge on any atom is -0.464 e. The average Bonchev–Trinajstić information content (AvgIpc) is 2.16. The number of ether oxygens (including phenoxy) is 1. The van der Waals surface area contributed by atoms with Crippen LogP contribution in [0.3, 0.4) is 0 Å². The lowest BCUT2D eigenvalue weighted by molar-refractivity contribution is 0.312. The third kappa shape index (κ3) is 4.39. The lowest BCUT2D eigenvalue weighted by Crippen LogP contribution is -2.14. The number of hydrogen-bond donors (Lipinski definition) is 2. The number of hydrogen-bond acceptors (Lipinski definition) is 7. The van der Waals surface area contributed by atoms with Crippen molar-refractivity contribution in [1.29, 1.82) is 0 Å². The van der Waals surface area contributed by atoms with Gasteiger partial charge in [0.1, 0.15) is 0 Å². The number of aromatic nitrogens is 3. The fourth-order valence-electron chi connectivity index (χ4n) is 0.951. The molecule has 8 heteroatoms. The zero-order chi connectivity index (χ0) is 12.0. The third-order valence-corrected chi connectivity index (χ3v) is 2.36. The van der Waals surface area contributed by atoms with Gasteiger partial charge in [0.05, 0.1) is 6.61 Å². The maximum Gasteiger partial charge on any atom is 0.323 e. The van der Waals surface area contributed by atoms with Gasteiger partial charge in [-0.3, -0.25) is 4.21 Å². The molecule has 3 N–H and O–H groups in total. The van der Waals surface area contributed by atoms with Crippen LogP contribution in [-0.4, -0.2) is 44.3 Å². The summed E-state index contributed by atoms with van der Waals surface area (Å²) in [7, 11) is -0.849. The molecule has 0 aliphatic carbocycles. The summed E-state index contributed by atoms with van der Waals surface area (Å²) in [5.74, 6) is 0.954. The number of anilines is 2. The van der Waals surface area contributed by atoms with E-state index in [0.29, 0.717) is 24.9 Å². The molecule has 1 aromatic heterocycles. The van der Waals surface area contributed by atoms with Crippen LogP contribution in [0.1, 0.15) is 6.92 Å². The molecule has 0 amide bonds. The fourth-order valence-corrected chi connectivity index (χ4v) is 1.34. The second kappa shape index (κ2) is 6.21. The summed E-state index contributed by atoms with van der Waals surface area (Å²) >= 11 is 0. The number of nitrogens with one attached hydrogen (secondary N) is 1. The van der Waals surface area contributed by atoms with E-state index in [9.17, 15) is 4.21 Å². The molecule has 0 aliphatic rings. The van der Waals surface area contributed by atoms with E-state index in [0.717, 1.165) is 0 Å². The molecular weight excluding hydrogens is 230 g/mol. The highest BCUT2D eigenvalue weighted by Gasteiger charge is 2.04. The molecule has 0 saturated carbocycles. The SMILES string of the molecule is CCOc1nc(N)nc(NCCS(C)=O)n1. The van der Waals surface area contributed by atoms with Gasteiger partial charge in [-0.25, -0.2) is 0 Å². The molecule has 7 nitrogen and oxygen atoms in total. The van der Waals surface area contributed by atoms with Crippen LogP contribution in [0.15, 0.2) is 0 Å². The molecule has 1 rings (SSSR count). The van der Waals surface area contributed by atoms with Gasteiger partial charge in [-0.15, -0.1) is 0 Å². The van der Waals surface area contributed by atoms with E-state index in [4.69, 9.17) is 10.5 Å². The second-order valence-corrected chi connectivity index (χ2v) is 4.49. The Morgan fingerprint density at radius 2 is 2.19 bits per heavy atom. The van der Waals surface area contributed by atoms with Crippen LogP contribution in [0.25, 0.3) is 0 Å². The molecule has 0 radical (unpaired) electrons. The van der Waals surface area contributed by atoms with Gasteiger partial charge in [0.15, 0.2) is 0 Å². The lowest BCUT2D eigenvalue weighted by atomic mass is 10.7. The Kier molecular flexibility index (Phi) is 4.90. The quantitative estimate of drug-likeness (QED) is 0.705. The molecule has 1 atom stereocenters. The first-order valence-corrected chi connectivity index (χ1v) is 6.52. The molecule has 0 aliphatic heterocycles. The van der Waals surface area contributed by atoms with Crippen molar-refractivity contribution in [2.45, 2.75) is 6.92 Å². The van der Waals surface area contributed by atoms with E-state index < -0.39 is 10.8 Å². The Morgan fingerprint density at radius 1 is 1.44 bits per heavy atom. The molecule has 16 heavy (non-hydrogen) atoms. The Balaban J connectivity index is 2.61. The number of rotatable bonds is 6. The van der Waals surface area contributed by atoms with Crippen molar-refractivity contribution in [3.8, 4) is 6.01 Å². The lowest BCUT2D eigenvalue weighted by Gasteiger charge is -2.06. The van der Waals surface area contributed by atoms with Gasteiger partial charge >= 0.3 is 6.01 Å². The van der Waals surface area contributed by atoms with Crippen LogP contribution in [0, 0.1) is 0 Å². The highest BCUT2D eigenvalue weighted by molar-refractivity contribution is 7.84. The topological polar surface area (TPSA) is 103 Å². The summed E-state index contributed by atoms with van der Waals surface area (Å²) in [6.07, 6.45) is 1.63. The monoisotopic (exact) mass is 245 g/mol. The Bertz CT molecular complexity index is 373. The standard InChI is InChI=1S/C8H15N5O2S/c1-3-15-8-12-6(9)11-7(13-8)10-4-5-16(2)14/h3-5H2,1-2H3,(H3,9,10,11,12,13). The van der Waals surface area contributed by atoms with Crippen LogP contribution < -0.4 is 15.8 Å². The zero-order valence-electron chi connectivity index (χ0n) is 9.27. The van der Waals surface area contributed by atoms with Crippen molar-refractivity contribution < 1.29 is 8.95 Å². The molecule has 0 aromatic carbocycles. The van der Waals surface area contributed by atoms with E-state index in [-0.39, 0.29) is 12.0 Å². The predicted molar refractivity (Wildman–Crippen MR) is 62.8 cm³/mol. The fraction of sp³-hybridized carbons (Fsp3) is 0.625. The van der Waals surface area contributed by atoms with E-state index in [1.165, 1.54) is 0 Å². The van der Waals surface area contributed by atoms with Crippen molar-refractivity contribution in [3.63, 3.8) is 0 Å². The summed E-state index contributed by atoms with van der Waals surface area (Å²) in [6.45, 7) is 2.80. The second-order valence-electron chi connectivity index (χ2n) is 2.94. The summed E-state index contributed by atoms with van der Waals surface area (Å²) < 4.78 is 16.0. The van der Waals surface area contributed by atoms with Crippen molar-refractivity contribution >= 4 is 22.7 Å². The third-order valence-electron chi connectivity index (χ3n) is 1.58. The van der Waals surface area contributed by atoms with Gasteiger partial charge < -0.3 is 15.8 Å². The minimum absolute atomic E-state index is 0.0959. The first kappa shape index (κ1) is 12.6. The highest BCUT2D eigenvalue weighted by atomic mass is 32.2. The smallest absolute Gasteiger partial charge is 0.323 e. The first-order chi connectivity index (χ1) is 7.61. The maximum atomic E-state index is 10.8. The van der Waals surface area contributed by atoms with Crippen molar-refractivity contribution in [3.05, 3.63) is 0 Å². The van der Waals surface area contributed by atoms with E-state index in [2.05, 4.69) is 20.3 Å². The van der Waals surface area contributed by atoms with Crippen LogP contribution in [0.4, 0.5) is 11.9 Å². The highest BCUT2D eigenvalue weighted by Crippen LogP contribution is 2.08. The van der Waals surface area contributed by atoms with Crippen molar-refractivity contribution in [2.24, 2.45) is 0 Å². The van der Waals surface area contributed by atoms with E-state index in [1.54, 1.807) is 6.26 Å². The molecule has 0 bridgehead atoms. The van der Waals surface area contributed by atoms with E-state index >= 15 is 0 Å². The Hall–Kier alpha value is -1.44.